The third-order valence-electron chi connectivity index (χ3n) is 3.16. The topological polar surface area (TPSA) is 47.6 Å². The van der Waals surface area contributed by atoms with E-state index in [-0.39, 0.29) is 5.91 Å². The van der Waals surface area contributed by atoms with Gasteiger partial charge < -0.3 is 14.8 Å². The molecule has 0 spiro atoms. The molecule has 0 radical (unpaired) electrons. The van der Waals surface area contributed by atoms with E-state index in [0.717, 1.165) is 29.9 Å². The van der Waals surface area contributed by atoms with Crippen LogP contribution < -0.4 is 14.8 Å². The van der Waals surface area contributed by atoms with E-state index in [2.05, 4.69) is 31.3 Å². The van der Waals surface area contributed by atoms with Crippen LogP contribution in [0.25, 0.3) is 6.08 Å². The first-order valence-corrected chi connectivity index (χ1v) is 7.65. The zero-order valence-electron chi connectivity index (χ0n) is 13.2. The Hall–Kier alpha value is -2.23. The van der Waals surface area contributed by atoms with Crippen molar-refractivity contribution in [1.29, 1.82) is 0 Å². The number of hydrogen-bond donors (Lipinski definition) is 1. The third-order valence-corrected chi connectivity index (χ3v) is 3.16. The molecule has 2 rings (SSSR count). The van der Waals surface area contributed by atoms with Crippen LogP contribution in [0.3, 0.4) is 0 Å². The van der Waals surface area contributed by atoms with E-state index >= 15 is 0 Å². The van der Waals surface area contributed by atoms with Gasteiger partial charge in [-0.05, 0) is 42.5 Å². The molecule has 1 aliphatic rings. The largest absolute Gasteiger partial charge is 0.454 e. The molecule has 0 aromatic heterocycles. The summed E-state index contributed by atoms with van der Waals surface area (Å²) >= 11 is 0. The first-order valence-electron chi connectivity index (χ1n) is 7.65. The molecular formula is C18H23NO3. The Morgan fingerprint density at radius 1 is 1.23 bits per heavy atom. The van der Waals surface area contributed by atoms with Crippen molar-refractivity contribution in [2.45, 2.75) is 26.7 Å². The maximum absolute atomic E-state index is 11.5. The van der Waals surface area contributed by atoms with E-state index in [0.29, 0.717) is 19.3 Å². The summed E-state index contributed by atoms with van der Waals surface area (Å²) in [4.78, 5) is 11.5. The molecule has 22 heavy (non-hydrogen) atoms. The fourth-order valence-electron chi connectivity index (χ4n) is 1.98. The highest BCUT2D eigenvalue weighted by Crippen LogP contribution is 2.32. The molecule has 1 aromatic carbocycles. The summed E-state index contributed by atoms with van der Waals surface area (Å²) in [5.74, 6) is 2.05. The lowest BCUT2D eigenvalue weighted by molar-refractivity contribution is -0.116. The predicted octanol–water partition coefficient (Wildman–Crippen LogP) is 3.54. The maximum atomic E-state index is 11.5. The molecule has 1 aliphatic heterocycles. The number of benzene rings is 1. The van der Waals surface area contributed by atoms with Gasteiger partial charge in [-0.2, -0.15) is 0 Å². The van der Waals surface area contributed by atoms with Gasteiger partial charge >= 0.3 is 0 Å². The average molecular weight is 301 g/mol. The lowest BCUT2D eigenvalue weighted by atomic mass is 10.1. The molecule has 0 bridgehead atoms. The number of ether oxygens (including phenoxy) is 2. The van der Waals surface area contributed by atoms with Gasteiger partial charge in [0.15, 0.2) is 11.5 Å². The van der Waals surface area contributed by atoms with Crippen LogP contribution in [0.5, 0.6) is 11.5 Å². The summed E-state index contributed by atoms with van der Waals surface area (Å²) in [6.07, 6.45) is 9.39. The summed E-state index contributed by atoms with van der Waals surface area (Å²) in [7, 11) is 0. The normalized spacial score (nSPS) is 13.4. The summed E-state index contributed by atoms with van der Waals surface area (Å²) < 4.78 is 10.6. The van der Waals surface area contributed by atoms with Gasteiger partial charge in [0.05, 0.1) is 0 Å². The Bertz CT molecular complexity index is 561. The molecule has 118 valence electrons. The Labute approximate surface area is 131 Å². The van der Waals surface area contributed by atoms with E-state index in [1.165, 1.54) is 0 Å². The molecule has 0 saturated heterocycles. The van der Waals surface area contributed by atoms with Crippen molar-refractivity contribution < 1.29 is 14.3 Å². The van der Waals surface area contributed by atoms with Crippen LogP contribution in [0.1, 0.15) is 32.3 Å². The minimum absolute atomic E-state index is 0.0200. The van der Waals surface area contributed by atoms with Gasteiger partial charge in [-0.1, -0.05) is 38.1 Å². The van der Waals surface area contributed by atoms with Crippen molar-refractivity contribution in [3.63, 3.8) is 0 Å². The molecule has 1 amide bonds. The second-order valence-electron chi connectivity index (χ2n) is 5.63. The first kappa shape index (κ1) is 16.1. The Morgan fingerprint density at radius 3 is 2.82 bits per heavy atom. The SMILES string of the molecule is CC(C)CNC(=O)/C=C/CC/C=C/c1ccc2c(c1)OCO2. The van der Waals surface area contributed by atoms with Crippen molar-refractivity contribution in [2.75, 3.05) is 13.3 Å². The van der Waals surface area contributed by atoms with Crippen LogP contribution >= 0.6 is 0 Å². The molecule has 1 N–H and O–H groups in total. The Morgan fingerprint density at radius 2 is 2.00 bits per heavy atom. The summed E-state index contributed by atoms with van der Waals surface area (Å²) in [5.41, 5.74) is 1.09. The van der Waals surface area contributed by atoms with Crippen molar-refractivity contribution in [2.24, 2.45) is 5.92 Å². The maximum Gasteiger partial charge on any atom is 0.243 e. The Kier molecular flexibility index (Phi) is 6.07. The van der Waals surface area contributed by atoms with E-state index in [4.69, 9.17) is 9.47 Å². The molecule has 1 aromatic rings. The zero-order valence-corrected chi connectivity index (χ0v) is 13.2. The van der Waals surface area contributed by atoms with E-state index < -0.39 is 0 Å². The second kappa shape index (κ2) is 8.27. The number of hydrogen-bond acceptors (Lipinski definition) is 3. The minimum Gasteiger partial charge on any atom is -0.454 e. The molecule has 0 saturated carbocycles. The molecule has 0 unspecified atom stereocenters. The van der Waals surface area contributed by atoms with Gasteiger partial charge in [0.2, 0.25) is 12.7 Å². The molecule has 0 fully saturated rings. The predicted molar refractivity (Wildman–Crippen MR) is 87.8 cm³/mol. The van der Waals surface area contributed by atoms with Crippen LogP contribution in [-0.4, -0.2) is 19.2 Å². The van der Waals surface area contributed by atoms with Crippen LogP contribution in [0.2, 0.25) is 0 Å². The smallest absolute Gasteiger partial charge is 0.243 e. The van der Waals surface area contributed by atoms with Crippen LogP contribution in [-0.2, 0) is 4.79 Å². The van der Waals surface area contributed by atoms with Gasteiger partial charge in [-0.15, -0.1) is 0 Å². The summed E-state index contributed by atoms with van der Waals surface area (Å²) in [6, 6.07) is 5.88. The molecule has 4 heteroatoms. The summed E-state index contributed by atoms with van der Waals surface area (Å²) in [6.45, 7) is 5.16. The van der Waals surface area contributed by atoms with Gasteiger partial charge in [0.1, 0.15) is 0 Å². The Balaban J connectivity index is 1.69. The van der Waals surface area contributed by atoms with E-state index in [1.54, 1.807) is 6.08 Å². The third kappa shape index (κ3) is 5.28. The zero-order chi connectivity index (χ0) is 15.8. The van der Waals surface area contributed by atoms with Crippen molar-refractivity contribution in [3.05, 3.63) is 42.0 Å². The molecule has 0 aliphatic carbocycles. The summed E-state index contributed by atoms with van der Waals surface area (Å²) in [5, 5.41) is 2.85. The minimum atomic E-state index is -0.0200. The first-order chi connectivity index (χ1) is 10.6. The van der Waals surface area contributed by atoms with Gasteiger partial charge in [-0.3, -0.25) is 4.79 Å². The van der Waals surface area contributed by atoms with Crippen LogP contribution in [0, 0.1) is 5.92 Å². The molecule has 0 atom stereocenters. The number of rotatable bonds is 7. The number of unbranched alkanes of at least 4 members (excludes halogenated alkanes) is 1. The number of allylic oxidation sites excluding steroid dienone is 2. The van der Waals surface area contributed by atoms with E-state index in [9.17, 15) is 4.79 Å². The van der Waals surface area contributed by atoms with Crippen LogP contribution in [0.4, 0.5) is 0 Å². The number of carbonyl (C=O) groups is 1. The fourth-order valence-corrected chi connectivity index (χ4v) is 1.98. The molecule has 4 nitrogen and oxygen atoms in total. The number of carbonyl (C=O) groups excluding carboxylic acids is 1. The molecule has 1 heterocycles. The van der Waals surface area contributed by atoms with Crippen molar-refractivity contribution >= 4 is 12.0 Å². The fraction of sp³-hybridized carbons (Fsp3) is 0.389. The van der Waals surface area contributed by atoms with Gasteiger partial charge in [-0.25, -0.2) is 0 Å². The standard InChI is InChI=1S/C18H23NO3/c1-14(2)12-19-18(20)8-6-4-3-5-7-15-9-10-16-17(11-15)22-13-21-16/h5-11,14H,3-4,12-13H2,1-2H3,(H,19,20)/b7-5+,8-6+. The lowest BCUT2D eigenvalue weighted by Gasteiger charge is -2.03. The second-order valence-corrected chi connectivity index (χ2v) is 5.63. The van der Waals surface area contributed by atoms with Crippen molar-refractivity contribution in [3.8, 4) is 11.5 Å². The van der Waals surface area contributed by atoms with Gasteiger partial charge in [0, 0.05) is 6.54 Å². The number of amides is 1. The highest BCUT2D eigenvalue weighted by Gasteiger charge is 2.11. The quantitative estimate of drug-likeness (QED) is 0.619. The van der Waals surface area contributed by atoms with Crippen LogP contribution in [0.15, 0.2) is 36.4 Å². The lowest BCUT2D eigenvalue weighted by Crippen LogP contribution is -2.25. The highest BCUT2D eigenvalue weighted by molar-refractivity contribution is 5.87. The monoisotopic (exact) mass is 301 g/mol. The number of nitrogens with one attached hydrogen (secondary N) is 1. The molecular weight excluding hydrogens is 278 g/mol. The average Bonchev–Trinajstić information content (AvgIpc) is 2.96. The van der Waals surface area contributed by atoms with Crippen molar-refractivity contribution in [1.82, 2.24) is 5.32 Å². The van der Waals surface area contributed by atoms with Gasteiger partial charge in [0.25, 0.3) is 0 Å². The van der Waals surface area contributed by atoms with E-state index in [1.807, 2.05) is 24.3 Å². The highest BCUT2D eigenvalue weighted by atomic mass is 16.7. The number of fused-ring (bicyclic) bond motifs is 1.